The molecule has 9 rings (SSSR count). The molecule has 6 aromatic carbocycles. The number of ether oxygens (including phenoxy) is 1. The number of hydrogen-bond donors (Lipinski definition) is 1. The van der Waals surface area contributed by atoms with Gasteiger partial charge in [0.05, 0.1) is 39.2 Å². The average molecular weight is 1390 g/mol. The first kappa shape index (κ1) is 88.0. The van der Waals surface area contributed by atoms with E-state index in [-0.39, 0.29) is 62.8 Å². The van der Waals surface area contributed by atoms with Crippen LogP contribution in [0.5, 0.6) is 0 Å². The van der Waals surface area contributed by atoms with Crippen molar-refractivity contribution in [2.45, 2.75) is 167 Å². The Morgan fingerprint density at radius 3 is 1.58 bits per heavy atom. The number of hydrogen-bond acceptors (Lipinski definition) is 11. The highest BCUT2D eigenvalue weighted by atomic mass is 35.5. The van der Waals surface area contributed by atoms with E-state index in [2.05, 4.69) is 231 Å². The van der Waals surface area contributed by atoms with E-state index in [4.69, 9.17) is 34.4 Å². The van der Waals surface area contributed by atoms with Crippen molar-refractivity contribution in [3.05, 3.63) is 239 Å². The van der Waals surface area contributed by atoms with E-state index in [1.54, 1.807) is 19.9 Å². The number of halogens is 4. The van der Waals surface area contributed by atoms with Gasteiger partial charge >= 0.3 is 17.4 Å². The third kappa shape index (κ3) is 24.9. The Morgan fingerprint density at radius 2 is 1.17 bits per heavy atom. The molecule has 6 aromatic rings. The lowest BCUT2D eigenvalue weighted by Gasteiger charge is -2.23. The Bertz CT molecular complexity index is 3550. The second kappa shape index (κ2) is 39.9. The molecule has 0 bridgehead atoms. The number of allylic oxidation sites excluding steroid dienone is 8. The quantitative estimate of drug-likeness (QED) is 0.0119. The van der Waals surface area contributed by atoms with Crippen LogP contribution in [0.25, 0.3) is 0 Å². The van der Waals surface area contributed by atoms with Gasteiger partial charge in [0, 0.05) is 51.5 Å². The van der Waals surface area contributed by atoms with Gasteiger partial charge in [0.1, 0.15) is 13.7 Å². The highest BCUT2D eigenvalue weighted by molar-refractivity contribution is 7.97. The van der Waals surface area contributed by atoms with Crippen LogP contribution in [0.1, 0.15) is 141 Å². The molecule has 2 heterocycles. The molecular formula is C76H100ClF3N2O10S3. The summed E-state index contributed by atoms with van der Waals surface area (Å²) in [4.78, 5) is 28.7. The van der Waals surface area contributed by atoms with E-state index in [1.165, 1.54) is 59.7 Å². The minimum absolute atomic E-state index is 0. The fourth-order valence-electron chi connectivity index (χ4n) is 9.32. The Hall–Kier alpha value is -7.00. The zero-order valence-corrected chi connectivity index (χ0v) is 57.2. The number of carbonyl (C=O) groups excluding carboxylic acids is 1. The summed E-state index contributed by atoms with van der Waals surface area (Å²) in [5, 5.41) is 22.0. The maximum absolute atomic E-state index is 11.2. The second-order valence-corrected chi connectivity index (χ2v) is 28.1. The molecule has 0 amide bonds. The third-order valence-electron chi connectivity index (χ3n) is 15.6. The van der Waals surface area contributed by atoms with Gasteiger partial charge in [-0.25, -0.2) is 8.42 Å². The number of aryl methyl sites for hydroxylation is 1. The molecule has 0 atom stereocenters. The third-order valence-corrected chi connectivity index (χ3v) is 19.5. The number of carbonyl (C=O) groups is 2. The zero-order valence-electron chi connectivity index (χ0n) is 54.0. The minimum atomic E-state index is -6.09. The van der Waals surface area contributed by atoms with Crippen molar-refractivity contribution in [2.75, 3.05) is 25.6 Å². The molecule has 0 unspecified atom stereocenters. The molecule has 0 spiro atoms. The molecule has 0 saturated carbocycles. The highest BCUT2D eigenvalue weighted by Crippen LogP contribution is 2.47. The number of anilines is 1. The van der Waals surface area contributed by atoms with Crippen LogP contribution in [-0.2, 0) is 55.5 Å². The molecule has 12 nitrogen and oxygen atoms in total. The first-order chi connectivity index (χ1) is 42.7. The Labute approximate surface area is 578 Å². The number of alkyl halides is 3. The van der Waals surface area contributed by atoms with Crippen LogP contribution in [0, 0.1) is 17.8 Å². The van der Waals surface area contributed by atoms with Gasteiger partial charge in [-0.15, -0.1) is 0 Å². The Kier molecular flexibility index (Phi) is 37.0. The molecule has 0 radical (unpaired) electrons. The topological polar surface area (TPSA) is 169 Å². The number of aliphatic carboxylic acids is 1. The zero-order chi connectivity index (χ0) is 68.0. The van der Waals surface area contributed by atoms with E-state index in [1.807, 2.05) is 58.9 Å². The number of benzene rings is 6. The van der Waals surface area contributed by atoms with E-state index < -0.39 is 27.0 Å². The normalized spacial score (nSPS) is 14.9. The number of fused-ring (bicyclic) bond motifs is 2. The van der Waals surface area contributed by atoms with E-state index in [9.17, 15) is 28.0 Å². The lowest BCUT2D eigenvalue weighted by molar-refractivity contribution is -0.777. The van der Waals surface area contributed by atoms with Crippen molar-refractivity contribution in [1.82, 2.24) is 0 Å². The fourth-order valence-corrected chi connectivity index (χ4v) is 12.1. The predicted molar refractivity (Wildman–Crippen MR) is 386 cm³/mol. The predicted octanol–water partition coefficient (Wildman–Crippen LogP) is 20.0. The number of para-hydroxylation sites is 2. The number of carboxylic acid groups (broad SMARTS) is 1. The molecule has 19 heteroatoms. The summed E-state index contributed by atoms with van der Waals surface area (Å²) in [5.74, 6) is -0.875. The maximum Gasteiger partial charge on any atom is 0.485 e. The molecule has 95 heavy (non-hydrogen) atoms. The van der Waals surface area contributed by atoms with Gasteiger partial charge in [-0.1, -0.05) is 203 Å². The van der Waals surface area contributed by atoms with Crippen LogP contribution in [0.3, 0.4) is 0 Å². The molecule has 0 aromatic heterocycles. The molecule has 2 aliphatic heterocycles. The van der Waals surface area contributed by atoms with Crippen LogP contribution in [0.15, 0.2) is 242 Å². The summed E-state index contributed by atoms with van der Waals surface area (Å²) >= 11 is 7.80. The first-order valence-corrected chi connectivity index (χ1v) is 33.1. The largest absolute Gasteiger partial charge is 0.741 e. The van der Waals surface area contributed by atoms with E-state index in [0.29, 0.717) is 13.0 Å². The lowest BCUT2D eigenvalue weighted by atomic mass is 9.81. The van der Waals surface area contributed by atoms with Crippen LogP contribution in [0.4, 0.5) is 24.5 Å². The van der Waals surface area contributed by atoms with Crippen molar-refractivity contribution >= 4 is 73.7 Å². The van der Waals surface area contributed by atoms with E-state index >= 15 is 0 Å². The van der Waals surface area contributed by atoms with Crippen LogP contribution in [0.2, 0.25) is 0 Å². The number of esters is 1. The molecule has 0 fully saturated rings. The van der Waals surface area contributed by atoms with Crippen LogP contribution >= 0.6 is 23.6 Å². The summed E-state index contributed by atoms with van der Waals surface area (Å²) in [6.45, 7) is 26.0. The van der Waals surface area contributed by atoms with Crippen LogP contribution in [-0.4, -0.2) is 66.5 Å². The SMILES string of the molecule is C.C.C.C.C=CCOC(=O)C(C)(C)CC.CCC(C)(C)C(=O)O.CN1/C(=C/C=C2\CCC(/C=C/C3=[N+](C)c4ccccc4C3(C)C)=C2Cl)C(C)(C)c2ccccc21.Cc1ccc(SOO[O-])cc1.O=S(=O)([O-])C(F)(F)F.c1ccc([S+](c2ccccc2)c2ccccc2)cc1. The van der Waals surface area contributed by atoms with Gasteiger partial charge < -0.3 is 24.6 Å². The van der Waals surface area contributed by atoms with Gasteiger partial charge in [0.15, 0.2) is 30.5 Å². The summed E-state index contributed by atoms with van der Waals surface area (Å²) < 4.78 is 70.2. The number of nitrogens with zero attached hydrogens (tertiary/aromatic N) is 2. The fraction of sp³-hybridized carbons (Fsp3) is 0.355. The smallest absolute Gasteiger partial charge is 0.485 e. The van der Waals surface area contributed by atoms with Crippen molar-refractivity contribution in [3.63, 3.8) is 0 Å². The van der Waals surface area contributed by atoms with Crippen molar-refractivity contribution in [2.24, 2.45) is 10.8 Å². The molecule has 3 aliphatic rings. The number of rotatable bonds is 15. The molecule has 0 saturated heterocycles. The first-order valence-electron chi connectivity index (χ1n) is 29.4. The molecular weight excluding hydrogens is 1290 g/mol. The Morgan fingerprint density at radius 1 is 0.716 bits per heavy atom. The molecule has 1 aliphatic carbocycles. The van der Waals surface area contributed by atoms with Crippen LogP contribution < -0.4 is 10.2 Å². The lowest BCUT2D eigenvalue weighted by Crippen LogP contribution is -2.26. The van der Waals surface area contributed by atoms with Crippen molar-refractivity contribution in [3.8, 4) is 0 Å². The number of likely N-dealkylation sites (N-methyl/N-ethyl adjacent to an activating group) is 1. The van der Waals surface area contributed by atoms with Gasteiger partial charge in [-0.2, -0.15) is 22.1 Å². The second-order valence-electron chi connectivity index (χ2n) is 23.5. The van der Waals surface area contributed by atoms with Gasteiger partial charge in [-0.3, -0.25) is 14.6 Å². The minimum Gasteiger partial charge on any atom is -0.741 e. The van der Waals surface area contributed by atoms with E-state index in [0.717, 1.165) is 46.8 Å². The molecule has 1 N–H and O–H groups in total. The van der Waals surface area contributed by atoms with Crippen molar-refractivity contribution in [1.29, 1.82) is 0 Å². The summed E-state index contributed by atoms with van der Waals surface area (Å²) in [5.41, 5.74) is 4.95. The highest BCUT2D eigenvalue weighted by Gasteiger charge is 2.43. The monoisotopic (exact) mass is 1390 g/mol. The summed E-state index contributed by atoms with van der Waals surface area (Å²) in [6, 6.07) is 57.1. The van der Waals surface area contributed by atoms with Gasteiger partial charge in [0.2, 0.25) is 5.69 Å². The standard InChI is InChI=1S/C31H34ClN2.C18H15S.C9H16O2.C7H8O3S.C6H12O2.CHF3O3S.4CH4/c1-30(2)23-11-7-9-13-25(23)33(5)27(30)19-17-21-15-16-22(29(21)32)18-20-28-31(3,4)24-12-8-10-14-26(24)34(28)6;1-4-10-16(11-5-1)19(17-12-6-2-7-13-17)18-14-8-3-9-15-18;1-5-7-11-8(10)9(3,4)6-2;1-6-2-4-7(5-3-6)11-10-9-8;1-4-6(2,3)5(7)8;2-1(3,4)8(5,6)7;;;;/h7-14,17-20H,15-16H2,1-6H3;1-15H;5H,1,6-7H2,2-4H3;2-5,8H,1H3;4H2,1-3H3,(H,7,8);(H,5,6,7);4*1H4/q2*+1;;;;;;;;/p-2. The summed E-state index contributed by atoms with van der Waals surface area (Å²) in [6.07, 6.45) is 14.0. The number of carboxylic acids is 1. The summed E-state index contributed by atoms with van der Waals surface area (Å²) in [7, 11) is -1.78. The van der Waals surface area contributed by atoms with Gasteiger partial charge in [-0.05, 0) is 152 Å². The molecule has 520 valence electrons. The average Bonchev–Trinajstić information content (AvgIpc) is 1.61. The van der Waals surface area contributed by atoms with Gasteiger partial charge in [0.25, 0.3) is 0 Å². The van der Waals surface area contributed by atoms with Crippen molar-refractivity contribution < 1.29 is 64.8 Å². The maximum atomic E-state index is 11.2. The Balaban J connectivity index is 0.00000123.